The second-order valence-electron chi connectivity index (χ2n) is 6.85. The van der Waals surface area contributed by atoms with Gasteiger partial charge in [-0.2, -0.15) is 5.26 Å². The van der Waals surface area contributed by atoms with Crippen LogP contribution >= 0.6 is 15.9 Å². The predicted octanol–water partition coefficient (Wildman–Crippen LogP) is 4.21. The van der Waals surface area contributed by atoms with Crippen LogP contribution in [0.5, 0.6) is 0 Å². The Morgan fingerprint density at radius 1 is 1.07 bits per heavy atom. The number of halogens is 1. The van der Waals surface area contributed by atoms with Crippen LogP contribution in [-0.2, 0) is 10.0 Å². The van der Waals surface area contributed by atoms with Gasteiger partial charge >= 0.3 is 0 Å². The maximum Gasteiger partial charge on any atom is 0.261 e. The summed E-state index contributed by atoms with van der Waals surface area (Å²) in [5, 5.41) is 12.4. The van der Waals surface area contributed by atoms with Crippen molar-refractivity contribution < 1.29 is 13.2 Å². The molecule has 0 spiro atoms. The number of nitrogens with zero attached hydrogens (tertiary/aromatic N) is 1. The molecular formula is C20H20BrN3O3S. The first-order valence-corrected chi connectivity index (χ1v) is 11.2. The van der Waals surface area contributed by atoms with Crippen LogP contribution in [0.4, 0.5) is 5.69 Å². The summed E-state index contributed by atoms with van der Waals surface area (Å²) in [6.45, 7) is 0. The minimum Gasteiger partial charge on any atom is -0.334 e. The molecule has 146 valence electrons. The maximum atomic E-state index is 12.7. The van der Waals surface area contributed by atoms with Crippen molar-refractivity contribution >= 4 is 37.5 Å². The Morgan fingerprint density at radius 2 is 1.75 bits per heavy atom. The molecule has 1 aliphatic carbocycles. The summed E-state index contributed by atoms with van der Waals surface area (Å²) in [6, 6.07) is 14.8. The number of nitriles is 1. The van der Waals surface area contributed by atoms with E-state index in [0.717, 1.165) is 23.7 Å². The maximum absolute atomic E-state index is 12.7. The van der Waals surface area contributed by atoms with E-state index in [0.29, 0.717) is 18.4 Å². The van der Waals surface area contributed by atoms with Crippen molar-refractivity contribution in [2.24, 2.45) is 0 Å². The third kappa shape index (κ3) is 4.72. The molecule has 0 atom stereocenters. The average Bonchev–Trinajstić information content (AvgIpc) is 2.69. The van der Waals surface area contributed by atoms with Crippen molar-refractivity contribution in [3.05, 3.63) is 58.6 Å². The third-order valence-corrected chi connectivity index (χ3v) is 6.70. The van der Waals surface area contributed by atoms with E-state index in [4.69, 9.17) is 0 Å². The molecule has 0 aromatic heterocycles. The van der Waals surface area contributed by atoms with Crippen LogP contribution in [0.2, 0.25) is 0 Å². The fraction of sp³-hybridized carbons (Fsp3) is 0.300. The van der Waals surface area contributed by atoms with E-state index in [2.05, 4.69) is 32.0 Å². The minimum atomic E-state index is -3.77. The highest BCUT2D eigenvalue weighted by molar-refractivity contribution is 9.10. The van der Waals surface area contributed by atoms with E-state index < -0.39 is 15.6 Å². The van der Waals surface area contributed by atoms with Gasteiger partial charge in [0.15, 0.2) is 0 Å². The summed E-state index contributed by atoms with van der Waals surface area (Å²) in [5.41, 5.74) is -0.260. The van der Waals surface area contributed by atoms with Crippen molar-refractivity contribution in [1.29, 1.82) is 5.26 Å². The molecule has 1 amide bonds. The molecule has 2 aromatic rings. The molecule has 0 bridgehead atoms. The first-order valence-electron chi connectivity index (χ1n) is 8.96. The number of nitrogens with one attached hydrogen (secondary N) is 2. The van der Waals surface area contributed by atoms with Crippen molar-refractivity contribution in [3.8, 4) is 6.07 Å². The van der Waals surface area contributed by atoms with Gasteiger partial charge in [0, 0.05) is 15.7 Å². The monoisotopic (exact) mass is 461 g/mol. The van der Waals surface area contributed by atoms with E-state index in [1.165, 1.54) is 18.2 Å². The minimum absolute atomic E-state index is 0.121. The van der Waals surface area contributed by atoms with Crippen LogP contribution in [0.3, 0.4) is 0 Å². The summed E-state index contributed by atoms with van der Waals surface area (Å²) < 4.78 is 28.3. The summed E-state index contributed by atoms with van der Waals surface area (Å²) in [7, 11) is -3.77. The predicted molar refractivity (Wildman–Crippen MR) is 110 cm³/mol. The topological polar surface area (TPSA) is 99.1 Å². The lowest BCUT2D eigenvalue weighted by molar-refractivity contribution is 0.0902. The standard InChI is InChI=1S/C20H20BrN3O3S/c21-16-7-9-18(10-8-16)28(26,27)24-17-6-4-5-15(13-17)19(25)23-20(14-22)11-2-1-3-12-20/h4-10,13,24H,1-3,11-12H2,(H,23,25). The highest BCUT2D eigenvalue weighted by atomic mass is 79.9. The molecule has 8 heteroatoms. The summed E-state index contributed by atoms with van der Waals surface area (Å²) in [5.74, 6) is -0.381. The highest BCUT2D eigenvalue weighted by Gasteiger charge is 2.33. The van der Waals surface area contributed by atoms with Gasteiger partial charge in [-0.05, 0) is 55.3 Å². The highest BCUT2D eigenvalue weighted by Crippen LogP contribution is 2.28. The van der Waals surface area contributed by atoms with Crippen LogP contribution in [0.25, 0.3) is 0 Å². The molecule has 0 aliphatic heterocycles. The quantitative estimate of drug-likeness (QED) is 0.696. The lowest BCUT2D eigenvalue weighted by Gasteiger charge is -2.31. The Kier molecular flexibility index (Phi) is 6.06. The van der Waals surface area contributed by atoms with Crippen LogP contribution < -0.4 is 10.0 Å². The van der Waals surface area contributed by atoms with Gasteiger partial charge in [0.2, 0.25) is 0 Å². The van der Waals surface area contributed by atoms with E-state index in [1.54, 1.807) is 30.3 Å². The number of carbonyl (C=O) groups is 1. The fourth-order valence-corrected chi connectivity index (χ4v) is 4.58. The van der Waals surface area contributed by atoms with E-state index in [-0.39, 0.29) is 16.5 Å². The van der Waals surface area contributed by atoms with Crippen LogP contribution in [0.1, 0.15) is 42.5 Å². The number of sulfonamides is 1. The van der Waals surface area contributed by atoms with Gasteiger partial charge < -0.3 is 5.32 Å². The Balaban J connectivity index is 1.77. The summed E-state index contributed by atoms with van der Waals surface area (Å²) in [4.78, 5) is 12.8. The van der Waals surface area contributed by atoms with E-state index in [1.807, 2.05) is 0 Å². The molecule has 1 fully saturated rings. The first kappa shape index (κ1) is 20.4. The number of amides is 1. The molecule has 3 rings (SSSR count). The van der Waals surface area contributed by atoms with Gasteiger partial charge in [0.25, 0.3) is 15.9 Å². The summed E-state index contributed by atoms with van der Waals surface area (Å²) in [6.07, 6.45) is 4.13. The Hall–Kier alpha value is -2.37. The molecule has 0 heterocycles. The molecule has 0 saturated heterocycles. The first-order chi connectivity index (χ1) is 13.3. The van der Waals surface area contributed by atoms with Crippen molar-refractivity contribution in [2.45, 2.75) is 42.5 Å². The molecule has 1 aliphatic rings. The number of anilines is 1. The van der Waals surface area contributed by atoms with Gasteiger partial charge in [-0.25, -0.2) is 8.42 Å². The fourth-order valence-electron chi connectivity index (χ4n) is 3.26. The number of hydrogen-bond donors (Lipinski definition) is 2. The normalized spacial score (nSPS) is 16.0. The Labute approximate surface area is 173 Å². The second-order valence-corrected chi connectivity index (χ2v) is 9.45. The zero-order valence-electron chi connectivity index (χ0n) is 15.1. The molecule has 6 nitrogen and oxygen atoms in total. The molecule has 0 radical (unpaired) electrons. The number of carbonyl (C=O) groups excluding carboxylic acids is 1. The molecule has 28 heavy (non-hydrogen) atoms. The van der Waals surface area contributed by atoms with Crippen molar-refractivity contribution in [1.82, 2.24) is 5.32 Å². The Morgan fingerprint density at radius 3 is 2.39 bits per heavy atom. The van der Waals surface area contributed by atoms with Crippen LogP contribution in [0.15, 0.2) is 57.9 Å². The van der Waals surface area contributed by atoms with Crippen molar-refractivity contribution in [2.75, 3.05) is 4.72 Å². The summed E-state index contributed by atoms with van der Waals surface area (Å²) >= 11 is 3.27. The van der Waals surface area contributed by atoms with E-state index in [9.17, 15) is 18.5 Å². The lowest BCUT2D eigenvalue weighted by Crippen LogP contribution is -2.48. The lowest BCUT2D eigenvalue weighted by atomic mass is 9.82. The molecular weight excluding hydrogens is 442 g/mol. The van der Waals surface area contributed by atoms with Gasteiger partial charge in [-0.1, -0.05) is 41.3 Å². The number of benzene rings is 2. The average molecular weight is 462 g/mol. The molecule has 2 aromatic carbocycles. The van der Waals surface area contributed by atoms with Gasteiger partial charge in [0.05, 0.1) is 11.0 Å². The largest absolute Gasteiger partial charge is 0.334 e. The van der Waals surface area contributed by atoms with Gasteiger partial charge in [-0.15, -0.1) is 0 Å². The number of rotatable bonds is 5. The molecule has 1 saturated carbocycles. The Bertz CT molecular complexity index is 1010. The van der Waals surface area contributed by atoms with Crippen LogP contribution in [-0.4, -0.2) is 19.9 Å². The van der Waals surface area contributed by atoms with Gasteiger partial charge in [-0.3, -0.25) is 9.52 Å². The smallest absolute Gasteiger partial charge is 0.261 e. The molecule has 2 N–H and O–H groups in total. The van der Waals surface area contributed by atoms with Crippen molar-refractivity contribution in [3.63, 3.8) is 0 Å². The third-order valence-electron chi connectivity index (χ3n) is 4.77. The van der Waals surface area contributed by atoms with E-state index >= 15 is 0 Å². The zero-order chi connectivity index (χ0) is 20.2. The second kappa shape index (κ2) is 8.33. The molecule has 0 unspecified atom stereocenters. The zero-order valence-corrected chi connectivity index (χ0v) is 17.5. The van der Waals surface area contributed by atoms with Crippen LogP contribution in [0, 0.1) is 11.3 Å². The number of hydrogen-bond acceptors (Lipinski definition) is 4. The SMILES string of the molecule is N#CC1(NC(=O)c2cccc(NS(=O)(=O)c3ccc(Br)cc3)c2)CCCCC1. The van der Waals surface area contributed by atoms with Gasteiger partial charge in [0.1, 0.15) is 5.54 Å².